The first-order valence-corrected chi connectivity index (χ1v) is 6.06. The van der Waals surface area contributed by atoms with Crippen molar-refractivity contribution >= 4 is 0 Å². The number of hydrogen-bond acceptors (Lipinski definition) is 1. The molecule has 1 aliphatic rings. The molecule has 15 heavy (non-hydrogen) atoms. The van der Waals surface area contributed by atoms with Gasteiger partial charge in [0.15, 0.2) is 0 Å². The highest BCUT2D eigenvalue weighted by Crippen LogP contribution is 2.23. The predicted octanol–water partition coefficient (Wildman–Crippen LogP) is 3.02. The molecule has 0 N–H and O–H groups in total. The van der Waals surface area contributed by atoms with Gasteiger partial charge in [0.1, 0.15) is 0 Å². The van der Waals surface area contributed by atoms with E-state index in [-0.39, 0.29) is 0 Å². The van der Waals surface area contributed by atoms with Crippen molar-refractivity contribution in [3.63, 3.8) is 0 Å². The molecule has 0 spiro atoms. The Morgan fingerprint density at radius 3 is 2.80 bits per heavy atom. The molecule has 1 aromatic rings. The molecule has 0 atom stereocenters. The Morgan fingerprint density at radius 1 is 1.33 bits per heavy atom. The Balaban J connectivity index is 2.27. The zero-order valence-electron chi connectivity index (χ0n) is 10.1. The van der Waals surface area contributed by atoms with Crippen molar-refractivity contribution < 1.29 is 0 Å². The Kier molecular flexibility index (Phi) is 3.11. The van der Waals surface area contributed by atoms with Crippen LogP contribution in [0.3, 0.4) is 0 Å². The maximum Gasteiger partial charge on any atom is 0.0239 e. The molecule has 0 aromatic heterocycles. The third-order valence-electron chi connectivity index (χ3n) is 3.50. The summed E-state index contributed by atoms with van der Waals surface area (Å²) < 4.78 is 0. The molecular formula is C14H21N. The van der Waals surface area contributed by atoms with Crippen LogP contribution in [-0.2, 0) is 19.4 Å². The fraction of sp³-hybridized carbons (Fsp3) is 0.571. The minimum Gasteiger partial charge on any atom is -0.296 e. The van der Waals surface area contributed by atoms with Gasteiger partial charge < -0.3 is 0 Å². The van der Waals surface area contributed by atoms with Crippen LogP contribution in [0.2, 0.25) is 0 Å². The first kappa shape index (κ1) is 10.7. The van der Waals surface area contributed by atoms with Crippen LogP contribution >= 0.6 is 0 Å². The summed E-state index contributed by atoms with van der Waals surface area (Å²) in [5, 5.41) is 0. The van der Waals surface area contributed by atoms with Gasteiger partial charge in [0.05, 0.1) is 0 Å². The molecular weight excluding hydrogens is 182 g/mol. The van der Waals surface area contributed by atoms with E-state index in [9.17, 15) is 0 Å². The fourth-order valence-electron chi connectivity index (χ4n) is 2.48. The molecule has 0 bridgehead atoms. The Hall–Kier alpha value is -0.820. The van der Waals surface area contributed by atoms with Crippen molar-refractivity contribution in [1.29, 1.82) is 0 Å². The predicted molar refractivity (Wildman–Crippen MR) is 65.1 cm³/mol. The lowest BCUT2D eigenvalue weighted by Crippen LogP contribution is -2.36. The van der Waals surface area contributed by atoms with Crippen LogP contribution in [0.1, 0.15) is 37.5 Å². The van der Waals surface area contributed by atoms with Crippen molar-refractivity contribution in [2.75, 3.05) is 6.54 Å². The van der Waals surface area contributed by atoms with Crippen LogP contribution in [0.5, 0.6) is 0 Å². The molecule has 0 saturated carbocycles. The minimum atomic E-state index is 0.670. The molecule has 0 fully saturated rings. The number of fused-ring (bicyclic) bond motifs is 1. The second-order valence-corrected chi connectivity index (χ2v) is 4.72. The number of nitrogens with zero attached hydrogens (tertiary/aromatic N) is 1. The average Bonchev–Trinajstić information content (AvgIpc) is 2.27. The molecule has 2 rings (SSSR count). The molecule has 1 nitrogen and oxygen atoms in total. The maximum absolute atomic E-state index is 2.56. The molecule has 0 aliphatic carbocycles. The van der Waals surface area contributed by atoms with Crippen LogP contribution in [0, 0.1) is 0 Å². The number of benzene rings is 1. The smallest absolute Gasteiger partial charge is 0.0239 e. The molecule has 0 radical (unpaired) electrons. The highest BCUT2D eigenvalue weighted by atomic mass is 15.1. The summed E-state index contributed by atoms with van der Waals surface area (Å²) in [6.07, 6.45) is 2.41. The Bertz CT molecular complexity index is 341. The molecule has 0 amide bonds. The van der Waals surface area contributed by atoms with E-state index in [4.69, 9.17) is 0 Å². The number of aryl methyl sites for hydroxylation is 1. The second kappa shape index (κ2) is 4.36. The number of hydrogen-bond donors (Lipinski definition) is 0. The van der Waals surface area contributed by atoms with Gasteiger partial charge in [-0.1, -0.05) is 25.1 Å². The minimum absolute atomic E-state index is 0.670. The van der Waals surface area contributed by atoms with Crippen LogP contribution < -0.4 is 0 Å². The van der Waals surface area contributed by atoms with E-state index in [1.165, 1.54) is 19.4 Å². The summed E-state index contributed by atoms with van der Waals surface area (Å²) >= 11 is 0. The summed E-state index contributed by atoms with van der Waals surface area (Å²) in [5.74, 6) is 0. The lowest BCUT2D eigenvalue weighted by molar-refractivity contribution is 0.203. The van der Waals surface area contributed by atoms with Crippen molar-refractivity contribution in [3.05, 3.63) is 34.9 Å². The van der Waals surface area contributed by atoms with Gasteiger partial charge in [0.25, 0.3) is 0 Å². The van der Waals surface area contributed by atoms with E-state index in [1.807, 2.05) is 0 Å². The van der Waals surface area contributed by atoms with E-state index >= 15 is 0 Å². The summed E-state index contributed by atoms with van der Waals surface area (Å²) in [7, 11) is 0. The van der Waals surface area contributed by atoms with Crippen LogP contribution in [0.25, 0.3) is 0 Å². The fourth-order valence-corrected chi connectivity index (χ4v) is 2.48. The Labute approximate surface area is 93.1 Å². The van der Waals surface area contributed by atoms with E-state index in [2.05, 4.69) is 43.9 Å². The van der Waals surface area contributed by atoms with Gasteiger partial charge >= 0.3 is 0 Å². The highest BCUT2D eigenvalue weighted by molar-refractivity contribution is 5.37. The molecule has 82 valence electrons. The third-order valence-corrected chi connectivity index (χ3v) is 3.50. The highest BCUT2D eigenvalue weighted by Gasteiger charge is 2.19. The molecule has 0 unspecified atom stereocenters. The van der Waals surface area contributed by atoms with Gasteiger partial charge in [0, 0.05) is 19.1 Å². The molecule has 1 aliphatic heterocycles. The van der Waals surface area contributed by atoms with Crippen LogP contribution in [0.4, 0.5) is 0 Å². The maximum atomic E-state index is 2.56. The topological polar surface area (TPSA) is 3.24 Å². The van der Waals surface area contributed by atoms with Crippen LogP contribution in [-0.4, -0.2) is 17.5 Å². The molecule has 0 saturated heterocycles. The molecule has 1 aromatic carbocycles. The van der Waals surface area contributed by atoms with Gasteiger partial charge in [-0.3, -0.25) is 4.90 Å². The number of rotatable bonds is 2. The Morgan fingerprint density at radius 2 is 2.13 bits per heavy atom. The van der Waals surface area contributed by atoms with Gasteiger partial charge in [-0.15, -0.1) is 0 Å². The average molecular weight is 203 g/mol. The standard InChI is InChI=1S/C14H21N/c1-4-12-6-5-7-13-10-15(11(2)3)9-8-14(12)13/h5-7,11H,4,8-10H2,1-3H3. The summed E-state index contributed by atoms with van der Waals surface area (Å²) in [4.78, 5) is 2.56. The third kappa shape index (κ3) is 2.07. The van der Waals surface area contributed by atoms with Crippen molar-refractivity contribution in [2.45, 2.75) is 46.2 Å². The molecule has 1 heterocycles. The lowest BCUT2D eigenvalue weighted by atomic mass is 9.93. The normalized spacial score (nSPS) is 16.8. The van der Waals surface area contributed by atoms with Gasteiger partial charge in [0.2, 0.25) is 0 Å². The lowest BCUT2D eigenvalue weighted by Gasteiger charge is -2.32. The van der Waals surface area contributed by atoms with Crippen molar-refractivity contribution in [1.82, 2.24) is 4.90 Å². The SMILES string of the molecule is CCc1cccc2c1CCN(C(C)C)C2. The summed E-state index contributed by atoms with van der Waals surface area (Å²) in [6.45, 7) is 9.19. The quantitative estimate of drug-likeness (QED) is 0.714. The van der Waals surface area contributed by atoms with Crippen molar-refractivity contribution in [2.24, 2.45) is 0 Å². The summed E-state index contributed by atoms with van der Waals surface area (Å²) in [6, 6.07) is 7.46. The summed E-state index contributed by atoms with van der Waals surface area (Å²) in [5.41, 5.74) is 4.72. The van der Waals surface area contributed by atoms with Gasteiger partial charge in [-0.2, -0.15) is 0 Å². The first-order valence-electron chi connectivity index (χ1n) is 6.06. The van der Waals surface area contributed by atoms with E-state index in [0.717, 1.165) is 6.54 Å². The zero-order chi connectivity index (χ0) is 10.8. The van der Waals surface area contributed by atoms with E-state index < -0.39 is 0 Å². The monoisotopic (exact) mass is 203 g/mol. The van der Waals surface area contributed by atoms with E-state index in [0.29, 0.717) is 6.04 Å². The van der Waals surface area contributed by atoms with E-state index in [1.54, 1.807) is 16.7 Å². The van der Waals surface area contributed by atoms with Crippen LogP contribution in [0.15, 0.2) is 18.2 Å². The largest absolute Gasteiger partial charge is 0.296 e. The first-order chi connectivity index (χ1) is 7.22. The van der Waals surface area contributed by atoms with Gasteiger partial charge in [-0.25, -0.2) is 0 Å². The zero-order valence-corrected chi connectivity index (χ0v) is 10.1. The molecule has 1 heteroatoms. The second-order valence-electron chi connectivity index (χ2n) is 4.72. The van der Waals surface area contributed by atoms with Crippen molar-refractivity contribution in [3.8, 4) is 0 Å². The van der Waals surface area contributed by atoms with Gasteiger partial charge in [-0.05, 0) is 43.4 Å².